The van der Waals surface area contributed by atoms with Crippen LogP contribution >= 0.6 is 0 Å². The standard InChI is InChI=1S/C10H14FNO2S/c1-3-8-12(2)15(13,14)10-7-5-4-6-9(10)11/h4-7H,3,8H2,1-2H3. The number of benzene rings is 1. The van der Waals surface area contributed by atoms with E-state index in [1.807, 2.05) is 6.92 Å². The van der Waals surface area contributed by atoms with Gasteiger partial charge in [0.2, 0.25) is 10.0 Å². The van der Waals surface area contributed by atoms with Crippen molar-refractivity contribution in [3.63, 3.8) is 0 Å². The van der Waals surface area contributed by atoms with Crippen molar-refractivity contribution in [2.24, 2.45) is 0 Å². The number of rotatable bonds is 4. The van der Waals surface area contributed by atoms with Crippen LogP contribution in [0.5, 0.6) is 0 Å². The van der Waals surface area contributed by atoms with Crippen LogP contribution in [0.25, 0.3) is 0 Å². The summed E-state index contributed by atoms with van der Waals surface area (Å²) in [6.45, 7) is 2.25. The largest absolute Gasteiger partial charge is 0.245 e. The molecule has 0 spiro atoms. The normalized spacial score (nSPS) is 12.0. The van der Waals surface area contributed by atoms with Gasteiger partial charge in [0.25, 0.3) is 0 Å². The second-order valence-corrected chi connectivity index (χ2v) is 5.27. The number of hydrogen-bond donors (Lipinski definition) is 0. The lowest BCUT2D eigenvalue weighted by atomic mass is 10.4. The van der Waals surface area contributed by atoms with Crippen molar-refractivity contribution in [3.05, 3.63) is 30.1 Å². The molecule has 0 saturated carbocycles. The highest BCUT2D eigenvalue weighted by molar-refractivity contribution is 7.89. The molecule has 0 aliphatic heterocycles. The predicted octanol–water partition coefficient (Wildman–Crippen LogP) is 1.86. The number of sulfonamides is 1. The number of hydrogen-bond acceptors (Lipinski definition) is 2. The fourth-order valence-electron chi connectivity index (χ4n) is 1.26. The Morgan fingerprint density at radius 1 is 1.33 bits per heavy atom. The van der Waals surface area contributed by atoms with Crippen LogP contribution in [0.3, 0.4) is 0 Å². The quantitative estimate of drug-likeness (QED) is 0.793. The summed E-state index contributed by atoms with van der Waals surface area (Å²) in [6.07, 6.45) is 0.699. The molecule has 15 heavy (non-hydrogen) atoms. The van der Waals surface area contributed by atoms with Gasteiger partial charge in [0.05, 0.1) is 0 Å². The third-order valence-electron chi connectivity index (χ3n) is 2.06. The van der Waals surface area contributed by atoms with Crippen LogP contribution in [0.15, 0.2) is 29.2 Å². The Bertz CT molecular complexity index is 431. The minimum Gasteiger partial charge on any atom is -0.207 e. The molecule has 0 fully saturated rings. The number of nitrogens with zero attached hydrogens (tertiary/aromatic N) is 1. The Morgan fingerprint density at radius 2 is 1.93 bits per heavy atom. The summed E-state index contributed by atoms with van der Waals surface area (Å²) >= 11 is 0. The minimum absolute atomic E-state index is 0.263. The summed E-state index contributed by atoms with van der Waals surface area (Å²) in [5.74, 6) is -0.708. The zero-order valence-electron chi connectivity index (χ0n) is 8.77. The molecule has 84 valence electrons. The van der Waals surface area contributed by atoms with Gasteiger partial charge in [-0.15, -0.1) is 0 Å². The first-order chi connectivity index (χ1) is 7.00. The minimum atomic E-state index is -3.67. The molecule has 0 unspecified atom stereocenters. The molecule has 3 nitrogen and oxygen atoms in total. The molecule has 1 aromatic carbocycles. The molecular formula is C10H14FNO2S. The van der Waals surface area contributed by atoms with Crippen LogP contribution in [-0.2, 0) is 10.0 Å². The lowest BCUT2D eigenvalue weighted by molar-refractivity contribution is 0.462. The smallest absolute Gasteiger partial charge is 0.207 e. The molecule has 0 saturated heterocycles. The average Bonchev–Trinajstić information content (AvgIpc) is 2.18. The summed E-state index contributed by atoms with van der Waals surface area (Å²) in [5, 5.41) is 0. The van der Waals surface area contributed by atoms with E-state index in [-0.39, 0.29) is 4.90 Å². The van der Waals surface area contributed by atoms with Crippen molar-refractivity contribution in [3.8, 4) is 0 Å². The molecule has 0 aromatic heterocycles. The monoisotopic (exact) mass is 231 g/mol. The third kappa shape index (κ3) is 2.54. The molecule has 1 aromatic rings. The van der Waals surface area contributed by atoms with Gasteiger partial charge in [0.1, 0.15) is 10.7 Å². The molecule has 0 atom stereocenters. The van der Waals surface area contributed by atoms with Crippen molar-refractivity contribution in [1.82, 2.24) is 4.31 Å². The zero-order chi connectivity index (χ0) is 11.5. The van der Waals surface area contributed by atoms with E-state index in [1.54, 1.807) is 0 Å². The van der Waals surface area contributed by atoms with E-state index >= 15 is 0 Å². The molecule has 5 heteroatoms. The molecule has 0 aliphatic rings. The fraction of sp³-hybridized carbons (Fsp3) is 0.400. The van der Waals surface area contributed by atoms with E-state index in [0.29, 0.717) is 13.0 Å². The summed E-state index contributed by atoms with van der Waals surface area (Å²) in [6, 6.07) is 5.40. The molecular weight excluding hydrogens is 217 g/mol. The predicted molar refractivity (Wildman–Crippen MR) is 56.5 cm³/mol. The van der Waals surface area contributed by atoms with Gasteiger partial charge in [-0.2, -0.15) is 0 Å². The first-order valence-corrected chi connectivity index (χ1v) is 6.15. The SMILES string of the molecule is CCCN(C)S(=O)(=O)c1ccccc1F. The Labute approximate surface area is 89.6 Å². The maximum Gasteiger partial charge on any atom is 0.245 e. The maximum absolute atomic E-state index is 13.3. The van der Waals surface area contributed by atoms with Crippen LogP contribution in [-0.4, -0.2) is 26.3 Å². The van der Waals surface area contributed by atoms with Gasteiger partial charge in [0.15, 0.2) is 0 Å². The van der Waals surface area contributed by atoms with E-state index < -0.39 is 15.8 Å². The van der Waals surface area contributed by atoms with Gasteiger partial charge >= 0.3 is 0 Å². The second kappa shape index (κ2) is 4.72. The van der Waals surface area contributed by atoms with Gasteiger partial charge in [-0.3, -0.25) is 0 Å². The van der Waals surface area contributed by atoms with Gasteiger partial charge in [-0.05, 0) is 18.6 Å². The van der Waals surface area contributed by atoms with Crippen LogP contribution in [0.1, 0.15) is 13.3 Å². The lowest BCUT2D eigenvalue weighted by Gasteiger charge is -2.16. The van der Waals surface area contributed by atoms with Crippen LogP contribution < -0.4 is 0 Å². The highest BCUT2D eigenvalue weighted by Gasteiger charge is 2.22. The van der Waals surface area contributed by atoms with Gasteiger partial charge in [0, 0.05) is 13.6 Å². The zero-order valence-corrected chi connectivity index (χ0v) is 9.59. The summed E-state index contributed by atoms with van der Waals surface area (Å²) < 4.78 is 38.1. The van der Waals surface area contributed by atoms with E-state index in [2.05, 4.69) is 0 Å². The maximum atomic E-state index is 13.3. The first-order valence-electron chi connectivity index (χ1n) is 4.71. The van der Waals surface area contributed by atoms with Crippen LogP contribution in [0, 0.1) is 5.82 Å². The van der Waals surface area contributed by atoms with E-state index in [0.717, 1.165) is 10.4 Å². The van der Waals surface area contributed by atoms with Crippen molar-refractivity contribution >= 4 is 10.0 Å². The molecule has 0 amide bonds. The summed E-state index contributed by atoms with van der Waals surface area (Å²) in [7, 11) is -2.22. The van der Waals surface area contributed by atoms with Gasteiger partial charge in [-0.25, -0.2) is 17.1 Å². The van der Waals surface area contributed by atoms with Crippen LogP contribution in [0.4, 0.5) is 4.39 Å². The Hall–Kier alpha value is -0.940. The highest BCUT2D eigenvalue weighted by Crippen LogP contribution is 2.17. The topological polar surface area (TPSA) is 37.4 Å². The third-order valence-corrected chi connectivity index (χ3v) is 3.95. The molecule has 0 radical (unpaired) electrons. The van der Waals surface area contributed by atoms with E-state index in [1.165, 1.54) is 25.2 Å². The lowest BCUT2D eigenvalue weighted by Crippen LogP contribution is -2.28. The summed E-state index contributed by atoms with van der Waals surface area (Å²) in [4.78, 5) is -0.263. The molecule has 0 heterocycles. The van der Waals surface area contributed by atoms with Crippen molar-refractivity contribution in [2.45, 2.75) is 18.2 Å². The Balaban J connectivity index is 3.12. The molecule has 0 aliphatic carbocycles. The molecule has 0 bridgehead atoms. The fourth-order valence-corrected chi connectivity index (χ4v) is 2.58. The van der Waals surface area contributed by atoms with Gasteiger partial charge < -0.3 is 0 Å². The number of halogens is 1. The Kier molecular flexibility index (Phi) is 3.82. The van der Waals surface area contributed by atoms with Crippen molar-refractivity contribution in [1.29, 1.82) is 0 Å². The Morgan fingerprint density at radius 3 is 2.47 bits per heavy atom. The molecule has 1 rings (SSSR count). The van der Waals surface area contributed by atoms with Crippen molar-refractivity contribution < 1.29 is 12.8 Å². The average molecular weight is 231 g/mol. The van der Waals surface area contributed by atoms with E-state index in [4.69, 9.17) is 0 Å². The van der Waals surface area contributed by atoms with Crippen LogP contribution in [0.2, 0.25) is 0 Å². The van der Waals surface area contributed by atoms with E-state index in [9.17, 15) is 12.8 Å². The second-order valence-electron chi connectivity index (χ2n) is 3.26. The first kappa shape index (κ1) is 12.1. The van der Waals surface area contributed by atoms with Gasteiger partial charge in [-0.1, -0.05) is 19.1 Å². The highest BCUT2D eigenvalue weighted by atomic mass is 32.2. The molecule has 0 N–H and O–H groups in total. The summed E-state index contributed by atoms with van der Waals surface area (Å²) in [5.41, 5.74) is 0. The van der Waals surface area contributed by atoms with Crippen molar-refractivity contribution in [2.75, 3.05) is 13.6 Å².